The number of ketones is 1. The molecular weight excluding hydrogens is 302 g/mol. The quantitative estimate of drug-likeness (QED) is 0.274. The van der Waals surface area contributed by atoms with E-state index in [2.05, 4.69) is 5.32 Å². The molecule has 1 aromatic rings. The molecule has 0 aliphatic rings. The van der Waals surface area contributed by atoms with E-state index < -0.39 is 29.2 Å². The van der Waals surface area contributed by atoms with Crippen LogP contribution in [0.3, 0.4) is 0 Å². The van der Waals surface area contributed by atoms with Crippen LogP contribution in [0.4, 0.5) is 10.5 Å². The van der Waals surface area contributed by atoms with Gasteiger partial charge in [0.25, 0.3) is 0 Å². The van der Waals surface area contributed by atoms with Gasteiger partial charge >= 0.3 is 12.1 Å². The van der Waals surface area contributed by atoms with Gasteiger partial charge in [0, 0.05) is 5.56 Å². The summed E-state index contributed by atoms with van der Waals surface area (Å²) < 4.78 is 9.55. The summed E-state index contributed by atoms with van der Waals surface area (Å²) in [5.74, 6) is -2.14. The van der Waals surface area contributed by atoms with Gasteiger partial charge in [-0.25, -0.2) is 9.59 Å². The second kappa shape index (κ2) is 8.57. The van der Waals surface area contributed by atoms with Gasteiger partial charge in [0.1, 0.15) is 11.3 Å². The molecule has 0 saturated heterocycles. The summed E-state index contributed by atoms with van der Waals surface area (Å²) in [5.41, 5.74) is -0.171. The Morgan fingerprint density at radius 3 is 2.26 bits per heavy atom. The first-order chi connectivity index (χ1) is 10.9. The molecule has 0 spiro atoms. The van der Waals surface area contributed by atoms with E-state index in [1.807, 2.05) is 0 Å². The first kappa shape index (κ1) is 18.2. The second-order valence-corrected chi connectivity index (χ2v) is 4.39. The van der Waals surface area contributed by atoms with E-state index in [1.54, 1.807) is 26.0 Å². The lowest BCUT2D eigenvalue weighted by molar-refractivity contribution is -0.139. The van der Waals surface area contributed by atoms with E-state index in [-0.39, 0.29) is 24.5 Å². The SMILES string of the molecule is CCOC(=O)Nc1ccccc1/C(O)=C(\C(C)=O)C(=O)OCC. The molecule has 0 fully saturated rings. The highest BCUT2D eigenvalue weighted by atomic mass is 16.5. The van der Waals surface area contributed by atoms with Gasteiger partial charge in [-0.2, -0.15) is 0 Å². The van der Waals surface area contributed by atoms with Crippen LogP contribution < -0.4 is 5.32 Å². The maximum absolute atomic E-state index is 11.9. The first-order valence-corrected chi connectivity index (χ1v) is 7.06. The molecule has 0 bridgehead atoms. The molecule has 7 nitrogen and oxygen atoms in total. The Kier molecular flexibility index (Phi) is 6.79. The van der Waals surface area contributed by atoms with Gasteiger partial charge in [-0.3, -0.25) is 10.1 Å². The molecular formula is C16H19NO6. The zero-order valence-corrected chi connectivity index (χ0v) is 13.2. The minimum Gasteiger partial charge on any atom is -0.506 e. The normalized spacial score (nSPS) is 11.3. The van der Waals surface area contributed by atoms with Crippen molar-refractivity contribution in [2.24, 2.45) is 0 Å². The summed E-state index contributed by atoms with van der Waals surface area (Å²) in [5, 5.41) is 12.8. The predicted octanol–water partition coefficient (Wildman–Crippen LogP) is 2.68. The molecule has 0 heterocycles. The van der Waals surface area contributed by atoms with Gasteiger partial charge in [-0.1, -0.05) is 12.1 Å². The van der Waals surface area contributed by atoms with E-state index in [0.29, 0.717) is 0 Å². The zero-order chi connectivity index (χ0) is 17.4. The molecule has 0 atom stereocenters. The van der Waals surface area contributed by atoms with Crippen molar-refractivity contribution in [3.05, 3.63) is 35.4 Å². The summed E-state index contributed by atoms with van der Waals surface area (Å²) in [4.78, 5) is 35.1. The average molecular weight is 321 g/mol. The fraction of sp³-hybridized carbons (Fsp3) is 0.312. The number of rotatable bonds is 6. The van der Waals surface area contributed by atoms with Crippen molar-refractivity contribution in [1.29, 1.82) is 0 Å². The number of nitrogens with one attached hydrogen (secondary N) is 1. The third kappa shape index (κ3) is 4.84. The van der Waals surface area contributed by atoms with Crippen molar-refractivity contribution in [3.63, 3.8) is 0 Å². The zero-order valence-electron chi connectivity index (χ0n) is 13.2. The van der Waals surface area contributed by atoms with Crippen LogP contribution in [0.1, 0.15) is 26.3 Å². The fourth-order valence-corrected chi connectivity index (χ4v) is 1.82. The molecule has 124 valence electrons. The molecule has 2 N–H and O–H groups in total. The molecule has 1 amide bonds. The van der Waals surface area contributed by atoms with Gasteiger partial charge in [0.15, 0.2) is 5.78 Å². The van der Waals surface area contributed by atoms with Crippen LogP contribution in [0.15, 0.2) is 29.8 Å². The number of aliphatic hydroxyl groups is 1. The van der Waals surface area contributed by atoms with Crippen LogP contribution in [-0.4, -0.2) is 36.2 Å². The van der Waals surface area contributed by atoms with E-state index in [0.717, 1.165) is 6.92 Å². The summed E-state index contributed by atoms with van der Waals surface area (Å²) in [6, 6.07) is 6.17. The molecule has 1 rings (SSSR count). The monoisotopic (exact) mass is 321 g/mol. The largest absolute Gasteiger partial charge is 0.506 e. The van der Waals surface area contributed by atoms with E-state index in [9.17, 15) is 19.5 Å². The Hall–Kier alpha value is -2.83. The molecule has 0 saturated carbocycles. The number of esters is 1. The number of hydrogen-bond donors (Lipinski definition) is 2. The number of para-hydroxylation sites is 1. The number of carbonyl (C=O) groups is 3. The maximum atomic E-state index is 11.9. The predicted molar refractivity (Wildman–Crippen MR) is 83.9 cm³/mol. The van der Waals surface area contributed by atoms with Gasteiger partial charge in [-0.05, 0) is 32.9 Å². The van der Waals surface area contributed by atoms with Crippen LogP contribution >= 0.6 is 0 Å². The number of hydrogen-bond acceptors (Lipinski definition) is 6. The Morgan fingerprint density at radius 1 is 1.09 bits per heavy atom. The van der Waals surface area contributed by atoms with Crippen molar-refractivity contribution in [3.8, 4) is 0 Å². The second-order valence-electron chi connectivity index (χ2n) is 4.39. The number of ether oxygens (including phenoxy) is 2. The molecule has 0 aromatic heterocycles. The molecule has 0 aliphatic carbocycles. The minimum atomic E-state index is -0.927. The molecule has 0 radical (unpaired) electrons. The summed E-state index contributed by atoms with van der Waals surface area (Å²) in [6.45, 7) is 4.62. The molecule has 7 heteroatoms. The van der Waals surface area contributed by atoms with E-state index in [1.165, 1.54) is 12.1 Å². The third-order valence-corrected chi connectivity index (χ3v) is 2.76. The maximum Gasteiger partial charge on any atom is 0.411 e. The van der Waals surface area contributed by atoms with Crippen molar-refractivity contribution in [2.45, 2.75) is 20.8 Å². The summed E-state index contributed by atoms with van der Waals surface area (Å²) >= 11 is 0. The van der Waals surface area contributed by atoms with Crippen LogP contribution in [0.5, 0.6) is 0 Å². The topological polar surface area (TPSA) is 102 Å². The van der Waals surface area contributed by atoms with Crippen molar-refractivity contribution in [2.75, 3.05) is 18.5 Å². The summed E-state index contributed by atoms with van der Waals surface area (Å²) in [7, 11) is 0. The smallest absolute Gasteiger partial charge is 0.411 e. The Morgan fingerprint density at radius 2 is 1.70 bits per heavy atom. The number of aliphatic hydroxyl groups excluding tert-OH is 1. The van der Waals surface area contributed by atoms with Crippen LogP contribution in [0, 0.1) is 0 Å². The van der Waals surface area contributed by atoms with Crippen molar-refractivity contribution in [1.82, 2.24) is 0 Å². The Labute approximate surface area is 133 Å². The number of Topliss-reactive ketones (excluding diaryl/α,β-unsaturated/α-hetero) is 1. The van der Waals surface area contributed by atoms with Crippen LogP contribution in [0.25, 0.3) is 5.76 Å². The van der Waals surface area contributed by atoms with Gasteiger partial charge in [0.05, 0.1) is 18.9 Å². The number of carbonyl (C=O) groups excluding carboxylic acids is 3. The highest BCUT2D eigenvalue weighted by Crippen LogP contribution is 2.25. The number of amides is 1. The minimum absolute atomic E-state index is 0.0611. The van der Waals surface area contributed by atoms with Gasteiger partial charge in [0.2, 0.25) is 0 Å². The highest BCUT2D eigenvalue weighted by molar-refractivity contribution is 6.21. The lowest BCUT2D eigenvalue weighted by Gasteiger charge is -2.12. The van der Waals surface area contributed by atoms with Gasteiger partial charge < -0.3 is 14.6 Å². The number of benzene rings is 1. The van der Waals surface area contributed by atoms with Crippen molar-refractivity contribution < 1.29 is 29.0 Å². The highest BCUT2D eigenvalue weighted by Gasteiger charge is 2.24. The number of anilines is 1. The van der Waals surface area contributed by atoms with Gasteiger partial charge in [-0.15, -0.1) is 0 Å². The lowest BCUT2D eigenvalue weighted by Crippen LogP contribution is -2.18. The first-order valence-electron chi connectivity index (χ1n) is 7.06. The standard InChI is InChI=1S/C16H19NO6/c1-4-22-15(20)13(10(3)18)14(19)11-8-6-7-9-12(11)17-16(21)23-5-2/h6-9,19H,4-5H2,1-3H3,(H,17,21)/b14-13-. The fourth-order valence-electron chi connectivity index (χ4n) is 1.82. The molecule has 0 aliphatic heterocycles. The average Bonchev–Trinajstić information content (AvgIpc) is 2.47. The molecule has 1 aromatic carbocycles. The van der Waals surface area contributed by atoms with Crippen LogP contribution in [-0.2, 0) is 19.1 Å². The van der Waals surface area contributed by atoms with E-state index in [4.69, 9.17) is 9.47 Å². The Bertz CT molecular complexity index is 635. The van der Waals surface area contributed by atoms with Crippen LogP contribution in [0.2, 0.25) is 0 Å². The lowest BCUT2D eigenvalue weighted by atomic mass is 10.0. The van der Waals surface area contributed by atoms with E-state index >= 15 is 0 Å². The molecule has 0 unspecified atom stereocenters. The Balaban J connectivity index is 3.31. The van der Waals surface area contributed by atoms with Crippen molar-refractivity contribution >= 4 is 29.3 Å². The summed E-state index contributed by atoms with van der Waals surface area (Å²) in [6.07, 6.45) is -0.715. The molecule has 23 heavy (non-hydrogen) atoms. The third-order valence-electron chi connectivity index (χ3n) is 2.76.